The molecule has 3 aromatic rings. The van der Waals surface area contributed by atoms with Gasteiger partial charge in [0.15, 0.2) is 6.73 Å². The van der Waals surface area contributed by atoms with Gasteiger partial charge in [0.2, 0.25) is 0 Å². The third-order valence-electron chi connectivity index (χ3n) is 4.91. The van der Waals surface area contributed by atoms with E-state index in [1.54, 1.807) is 16.9 Å². The Morgan fingerprint density at radius 1 is 1.10 bits per heavy atom. The van der Waals surface area contributed by atoms with Crippen LogP contribution in [-0.2, 0) is 13.3 Å². The van der Waals surface area contributed by atoms with Crippen molar-refractivity contribution in [2.45, 2.75) is 59.9 Å². The maximum atomic E-state index is 12.5. The summed E-state index contributed by atoms with van der Waals surface area (Å²) in [6.45, 7) is 11.3. The molecule has 1 amide bonds. The van der Waals surface area contributed by atoms with Crippen molar-refractivity contribution in [3.63, 3.8) is 0 Å². The number of aromatic nitrogens is 4. The molecule has 1 N–H and O–H groups in total. The Hall–Kier alpha value is -3.09. The highest BCUT2D eigenvalue weighted by Gasteiger charge is 2.17. The number of nitrogens with one attached hydrogen (secondary N) is 1. The molecule has 0 saturated carbocycles. The number of nitrogens with zero attached hydrogens (tertiary/aromatic N) is 4. The van der Waals surface area contributed by atoms with Crippen molar-refractivity contribution in [2.75, 3.05) is 0 Å². The SMILES string of the molecule is CCn1cc(C(C)NC(=O)c2ccn(COc3ccc(C(C)C)cc3)n2)c(C)n1. The smallest absolute Gasteiger partial charge is 0.272 e. The molecule has 3 rings (SSSR count). The number of ether oxygens (including phenoxy) is 1. The summed E-state index contributed by atoms with van der Waals surface area (Å²) in [5, 5.41) is 11.7. The van der Waals surface area contributed by atoms with Gasteiger partial charge in [-0.3, -0.25) is 9.48 Å². The average molecular weight is 396 g/mol. The molecule has 2 heterocycles. The number of amides is 1. The molecule has 1 atom stereocenters. The van der Waals surface area contributed by atoms with Crippen molar-refractivity contribution in [3.05, 3.63) is 65.2 Å². The molecule has 0 fully saturated rings. The van der Waals surface area contributed by atoms with Gasteiger partial charge < -0.3 is 10.1 Å². The predicted octanol–water partition coefficient (Wildman–Crippen LogP) is 4.06. The lowest BCUT2D eigenvalue weighted by molar-refractivity contribution is 0.0932. The Morgan fingerprint density at radius 2 is 1.83 bits per heavy atom. The monoisotopic (exact) mass is 395 g/mol. The zero-order valence-corrected chi connectivity index (χ0v) is 17.7. The molecule has 29 heavy (non-hydrogen) atoms. The van der Waals surface area contributed by atoms with E-state index in [9.17, 15) is 4.79 Å². The van der Waals surface area contributed by atoms with Crippen molar-refractivity contribution >= 4 is 5.91 Å². The maximum Gasteiger partial charge on any atom is 0.272 e. The first-order valence-corrected chi connectivity index (χ1v) is 9.98. The highest BCUT2D eigenvalue weighted by Crippen LogP contribution is 2.19. The second-order valence-corrected chi connectivity index (χ2v) is 7.46. The summed E-state index contributed by atoms with van der Waals surface area (Å²) in [6.07, 6.45) is 3.71. The fourth-order valence-corrected chi connectivity index (χ4v) is 3.11. The third-order valence-corrected chi connectivity index (χ3v) is 4.91. The van der Waals surface area contributed by atoms with Crippen LogP contribution in [0.4, 0.5) is 0 Å². The lowest BCUT2D eigenvalue weighted by Gasteiger charge is -2.12. The number of carbonyl (C=O) groups excluding carboxylic acids is 1. The van der Waals surface area contributed by atoms with Crippen LogP contribution in [0, 0.1) is 6.92 Å². The highest BCUT2D eigenvalue weighted by molar-refractivity contribution is 5.92. The Labute approximate surface area is 171 Å². The minimum atomic E-state index is -0.221. The fourth-order valence-electron chi connectivity index (χ4n) is 3.11. The summed E-state index contributed by atoms with van der Waals surface area (Å²) in [4.78, 5) is 12.5. The zero-order chi connectivity index (χ0) is 21.0. The predicted molar refractivity (Wildman–Crippen MR) is 112 cm³/mol. The van der Waals surface area contributed by atoms with Gasteiger partial charge in [-0.15, -0.1) is 0 Å². The van der Waals surface area contributed by atoms with E-state index in [1.165, 1.54) is 5.56 Å². The quantitative estimate of drug-likeness (QED) is 0.624. The van der Waals surface area contributed by atoms with Crippen LogP contribution in [0.5, 0.6) is 5.75 Å². The fraction of sp³-hybridized carbons (Fsp3) is 0.409. The van der Waals surface area contributed by atoms with Crippen LogP contribution in [-0.4, -0.2) is 25.5 Å². The van der Waals surface area contributed by atoms with Crippen molar-refractivity contribution in [1.29, 1.82) is 0 Å². The Morgan fingerprint density at radius 3 is 2.45 bits per heavy atom. The molecule has 0 bridgehead atoms. The number of hydrogen-bond acceptors (Lipinski definition) is 4. The van der Waals surface area contributed by atoms with Crippen LogP contribution in [0.15, 0.2) is 42.7 Å². The van der Waals surface area contributed by atoms with E-state index < -0.39 is 0 Å². The summed E-state index contributed by atoms with van der Waals surface area (Å²) in [6, 6.07) is 9.57. The first-order valence-electron chi connectivity index (χ1n) is 9.98. The molecule has 0 aliphatic carbocycles. The van der Waals surface area contributed by atoms with Crippen molar-refractivity contribution in [2.24, 2.45) is 0 Å². The van der Waals surface area contributed by atoms with Crippen molar-refractivity contribution in [3.8, 4) is 5.75 Å². The molecule has 7 nitrogen and oxygen atoms in total. The summed E-state index contributed by atoms with van der Waals surface area (Å²) < 4.78 is 9.23. The van der Waals surface area contributed by atoms with Gasteiger partial charge in [0, 0.05) is 24.5 Å². The molecule has 2 aromatic heterocycles. The lowest BCUT2D eigenvalue weighted by atomic mass is 10.0. The number of aryl methyl sites for hydroxylation is 2. The summed E-state index contributed by atoms with van der Waals surface area (Å²) in [5.74, 6) is 1.04. The summed E-state index contributed by atoms with van der Waals surface area (Å²) in [7, 11) is 0. The van der Waals surface area contributed by atoms with E-state index in [0.29, 0.717) is 11.6 Å². The Kier molecular flexibility index (Phi) is 6.36. The maximum absolute atomic E-state index is 12.5. The van der Waals surface area contributed by atoms with Gasteiger partial charge >= 0.3 is 0 Å². The molecule has 0 saturated heterocycles. The minimum Gasteiger partial charge on any atom is -0.471 e. The van der Waals surface area contributed by atoms with Gasteiger partial charge in [-0.1, -0.05) is 26.0 Å². The topological polar surface area (TPSA) is 74.0 Å². The standard InChI is InChI=1S/C22H29N5O2/c1-6-26-13-20(17(5)24-26)16(4)23-22(28)21-11-12-27(25-21)14-29-19-9-7-18(8-10-19)15(2)3/h7-13,15-16H,6,14H2,1-5H3,(H,23,28). The molecule has 0 aliphatic rings. The molecular weight excluding hydrogens is 366 g/mol. The first-order chi connectivity index (χ1) is 13.9. The second-order valence-electron chi connectivity index (χ2n) is 7.46. The normalized spacial score (nSPS) is 12.2. The first kappa shape index (κ1) is 20.6. The van der Waals surface area contributed by atoms with Crippen LogP contribution >= 0.6 is 0 Å². The lowest BCUT2D eigenvalue weighted by Crippen LogP contribution is -2.27. The number of carbonyl (C=O) groups is 1. The minimum absolute atomic E-state index is 0.149. The van der Waals surface area contributed by atoms with Gasteiger partial charge in [0.1, 0.15) is 11.4 Å². The molecule has 0 spiro atoms. The summed E-state index contributed by atoms with van der Waals surface area (Å²) in [5.41, 5.74) is 3.55. The van der Waals surface area contributed by atoms with Gasteiger partial charge in [-0.2, -0.15) is 10.2 Å². The van der Waals surface area contributed by atoms with Gasteiger partial charge in [0.05, 0.1) is 11.7 Å². The molecule has 0 aliphatic heterocycles. The number of benzene rings is 1. The highest BCUT2D eigenvalue weighted by atomic mass is 16.5. The van der Waals surface area contributed by atoms with Crippen LogP contribution in [0.1, 0.15) is 67.0 Å². The Bertz CT molecular complexity index is 956. The van der Waals surface area contributed by atoms with Crippen LogP contribution in [0.3, 0.4) is 0 Å². The molecular formula is C22H29N5O2. The van der Waals surface area contributed by atoms with Crippen LogP contribution < -0.4 is 10.1 Å². The largest absolute Gasteiger partial charge is 0.471 e. The van der Waals surface area contributed by atoms with E-state index in [2.05, 4.69) is 41.5 Å². The van der Waals surface area contributed by atoms with Gasteiger partial charge in [-0.25, -0.2) is 4.68 Å². The van der Waals surface area contributed by atoms with E-state index >= 15 is 0 Å². The van der Waals surface area contributed by atoms with Crippen LogP contribution in [0.25, 0.3) is 0 Å². The van der Waals surface area contributed by atoms with E-state index in [0.717, 1.165) is 23.6 Å². The summed E-state index contributed by atoms with van der Waals surface area (Å²) >= 11 is 0. The van der Waals surface area contributed by atoms with Crippen molar-refractivity contribution in [1.82, 2.24) is 24.9 Å². The third kappa shape index (κ3) is 5.04. The van der Waals surface area contributed by atoms with Gasteiger partial charge in [-0.05, 0) is 50.5 Å². The van der Waals surface area contributed by atoms with E-state index in [-0.39, 0.29) is 18.7 Å². The van der Waals surface area contributed by atoms with E-state index in [4.69, 9.17) is 4.74 Å². The molecule has 1 unspecified atom stereocenters. The Balaban J connectivity index is 1.57. The molecule has 7 heteroatoms. The molecule has 0 radical (unpaired) electrons. The number of rotatable bonds is 8. The zero-order valence-electron chi connectivity index (χ0n) is 17.7. The van der Waals surface area contributed by atoms with Crippen LogP contribution in [0.2, 0.25) is 0 Å². The molecule has 1 aromatic carbocycles. The average Bonchev–Trinajstić information content (AvgIpc) is 3.33. The molecule has 154 valence electrons. The van der Waals surface area contributed by atoms with Crippen molar-refractivity contribution < 1.29 is 9.53 Å². The number of hydrogen-bond donors (Lipinski definition) is 1. The second kappa shape index (κ2) is 8.94. The van der Waals surface area contributed by atoms with E-state index in [1.807, 2.05) is 43.8 Å². The van der Waals surface area contributed by atoms with Gasteiger partial charge in [0.25, 0.3) is 5.91 Å².